The van der Waals surface area contributed by atoms with Crippen molar-refractivity contribution < 1.29 is 4.42 Å². The van der Waals surface area contributed by atoms with E-state index in [-0.39, 0.29) is 0 Å². The number of hydrogen-bond donors (Lipinski definition) is 0. The van der Waals surface area contributed by atoms with Gasteiger partial charge in [0, 0.05) is 84.9 Å². The molecule has 8 nitrogen and oxygen atoms in total. The zero-order valence-corrected chi connectivity index (χ0v) is 40.1. The van der Waals surface area contributed by atoms with E-state index in [1.54, 1.807) is 0 Å². The topological polar surface area (TPSA) is 103 Å². The van der Waals surface area contributed by atoms with E-state index in [4.69, 9.17) is 39.3 Å². The molecule has 8 heteroatoms. The normalized spacial score (nSPS) is 11.7. The Morgan fingerprint density at radius 2 is 0.587 bits per heavy atom. The summed E-state index contributed by atoms with van der Waals surface area (Å²) < 4.78 is 7.05. The van der Waals surface area contributed by atoms with Crippen LogP contribution in [-0.4, -0.2) is 34.9 Å². The molecule has 0 amide bonds. The predicted molar refractivity (Wildman–Crippen MR) is 304 cm³/mol. The molecule has 348 valence electrons. The monoisotopic (exact) mass is 957 g/mol. The second-order valence-corrected chi connectivity index (χ2v) is 18.9. The van der Waals surface area contributed by atoms with Crippen LogP contribution in [0.25, 0.3) is 155 Å². The van der Waals surface area contributed by atoms with Crippen molar-refractivity contribution in [2.24, 2.45) is 0 Å². The summed E-state index contributed by atoms with van der Waals surface area (Å²) in [6.45, 7) is 0. The van der Waals surface area contributed by atoms with E-state index in [1.165, 1.54) is 0 Å². The van der Waals surface area contributed by atoms with Gasteiger partial charge < -0.3 is 4.42 Å². The van der Waals surface area contributed by atoms with E-state index in [2.05, 4.69) is 188 Å². The lowest BCUT2D eigenvalue weighted by molar-refractivity contribution is 0.623. The molecule has 0 spiro atoms. The van der Waals surface area contributed by atoms with Crippen molar-refractivity contribution in [3.8, 4) is 78.7 Å². The Balaban J connectivity index is 1.03. The van der Waals surface area contributed by atoms with Crippen LogP contribution in [0.1, 0.15) is 0 Å². The molecule has 15 rings (SSSR count). The van der Waals surface area contributed by atoms with Crippen molar-refractivity contribution in [1.82, 2.24) is 34.9 Å². The maximum Gasteiger partial charge on any atom is 0.227 e. The van der Waals surface area contributed by atoms with Crippen molar-refractivity contribution in [1.29, 1.82) is 0 Å². The summed E-state index contributed by atoms with van der Waals surface area (Å²) in [5, 5.41) is 8.40. The van der Waals surface area contributed by atoms with E-state index >= 15 is 0 Å². The highest BCUT2D eigenvalue weighted by Gasteiger charge is 2.21. The van der Waals surface area contributed by atoms with Crippen LogP contribution in [0.5, 0.6) is 0 Å². The second-order valence-electron chi connectivity index (χ2n) is 18.9. The van der Waals surface area contributed by atoms with Gasteiger partial charge in [0.05, 0.1) is 44.8 Å². The highest BCUT2D eigenvalue weighted by molar-refractivity contribution is 6.23. The zero-order chi connectivity index (χ0) is 49.4. The Labute approximate surface area is 429 Å². The second kappa shape index (κ2) is 17.2. The number of nitrogens with zero attached hydrogens (tertiary/aromatic N) is 7. The van der Waals surface area contributed by atoms with Crippen LogP contribution in [0.15, 0.2) is 242 Å². The first-order valence-electron chi connectivity index (χ1n) is 24.9. The van der Waals surface area contributed by atoms with Gasteiger partial charge in [0.15, 0.2) is 5.58 Å². The lowest BCUT2D eigenvalue weighted by Crippen LogP contribution is -1.96. The van der Waals surface area contributed by atoms with E-state index < -0.39 is 0 Å². The molecule has 0 fully saturated rings. The molecule has 0 unspecified atom stereocenters. The fourth-order valence-electron chi connectivity index (χ4n) is 10.9. The van der Waals surface area contributed by atoms with Crippen LogP contribution in [0.4, 0.5) is 0 Å². The smallest absolute Gasteiger partial charge is 0.227 e. The molecule has 0 N–H and O–H groups in total. The number of aromatic nitrogens is 7. The van der Waals surface area contributed by atoms with Crippen molar-refractivity contribution in [3.05, 3.63) is 237 Å². The maximum atomic E-state index is 7.05. The fourth-order valence-corrected chi connectivity index (χ4v) is 10.9. The molecule has 0 atom stereocenters. The molecule has 7 aromatic heterocycles. The number of fused-ring (bicyclic) bond motifs is 10. The van der Waals surface area contributed by atoms with Gasteiger partial charge in [-0.05, 0) is 99.8 Å². The Hall–Kier alpha value is -10.3. The third-order valence-electron chi connectivity index (χ3n) is 14.4. The third kappa shape index (κ3) is 7.18. The minimum Gasteiger partial charge on any atom is -0.435 e. The minimum atomic E-state index is 0.506. The van der Waals surface area contributed by atoms with Crippen LogP contribution >= 0.6 is 0 Å². The summed E-state index contributed by atoms with van der Waals surface area (Å²) in [4.78, 5) is 35.9. The van der Waals surface area contributed by atoms with Gasteiger partial charge in [0.1, 0.15) is 5.52 Å². The van der Waals surface area contributed by atoms with Crippen LogP contribution < -0.4 is 0 Å². The van der Waals surface area contributed by atoms with Crippen molar-refractivity contribution >= 4 is 76.3 Å². The lowest BCUT2D eigenvalue weighted by atomic mass is 9.92. The van der Waals surface area contributed by atoms with Crippen molar-refractivity contribution in [2.45, 2.75) is 0 Å². The van der Waals surface area contributed by atoms with E-state index in [9.17, 15) is 0 Å². The summed E-state index contributed by atoms with van der Waals surface area (Å²) in [6.07, 6.45) is 7.36. The molecule has 15 aromatic rings. The van der Waals surface area contributed by atoms with Gasteiger partial charge in [0.2, 0.25) is 5.89 Å². The molecule has 8 aromatic carbocycles. The minimum absolute atomic E-state index is 0.506. The largest absolute Gasteiger partial charge is 0.435 e. The third-order valence-corrected chi connectivity index (χ3v) is 14.4. The first-order valence-corrected chi connectivity index (χ1v) is 24.9. The van der Waals surface area contributed by atoms with E-state index in [0.29, 0.717) is 5.89 Å². The lowest BCUT2D eigenvalue weighted by Gasteiger charge is -2.16. The quantitative estimate of drug-likeness (QED) is 0.146. The Kier molecular flexibility index (Phi) is 9.71. The van der Waals surface area contributed by atoms with Crippen LogP contribution in [0.2, 0.25) is 0 Å². The summed E-state index contributed by atoms with van der Waals surface area (Å²) in [6, 6.07) is 73.5. The molecular weight excluding hydrogens is 919 g/mol. The van der Waals surface area contributed by atoms with Crippen molar-refractivity contribution in [3.63, 3.8) is 0 Å². The number of hydrogen-bond acceptors (Lipinski definition) is 8. The maximum absolute atomic E-state index is 7.05. The molecule has 0 saturated carbocycles. The predicted octanol–water partition coefficient (Wildman–Crippen LogP) is 16.8. The Morgan fingerprint density at radius 3 is 1.00 bits per heavy atom. The van der Waals surface area contributed by atoms with E-state index in [0.717, 1.165) is 149 Å². The fraction of sp³-hybridized carbons (Fsp3) is 0. The molecule has 0 bridgehead atoms. The van der Waals surface area contributed by atoms with Gasteiger partial charge in [-0.25, -0.2) is 15.0 Å². The van der Waals surface area contributed by atoms with Gasteiger partial charge in [-0.1, -0.05) is 146 Å². The zero-order valence-electron chi connectivity index (χ0n) is 40.1. The first kappa shape index (κ1) is 42.4. The SMILES string of the molecule is c1cnc2c(-c3cc(-c4cc(-c5cc(-c6cccc7cccnc67)nc(-c6cccc7cccnc67)c5)cc(-c5nc6c7ccccc7c7ccccc7c6o5)c4)cc(-c4cccc5cccnc45)n3)cccc2c1. The standard InChI is InChI=1S/C67H39N7O/c1-3-23-51-49(21-1)50-22-2-4-24-52(50)66-65(51)74-67(75-66)48-34-44(46-36-57(53-25-5-13-40-17-9-29-68-61(40)53)72-58(37-46)54-26-6-14-41-18-10-30-69-62(41)54)33-45(35-48)47-38-59(55-27-7-15-42-19-11-31-70-63(42)55)73-60(39-47)56-28-8-16-43-20-12-32-71-64(43)56/h1-39H. The Morgan fingerprint density at radius 1 is 0.253 bits per heavy atom. The van der Waals surface area contributed by atoms with Gasteiger partial charge in [-0.2, -0.15) is 0 Å². The van der Waals surface area contributed by atoms with Crippen molar-refractivity contribution in [2.75, 3.05) is 0 Å². The molecule has 0 aliphatic carbocycles. The van der Waals surface area contributed by atoms with Crippen LogP contribution in [0.3, 0.4) is 0 Å². The number of oxazole rings is 1. The molecule has 7 heterocycles. The van der Waals surface area contributed by atoms with Crippen LogP contribution in [0, 0.1) is 0 Å². The van der Waals surface area contributed by atoms with E-state index in [1.807, 2.05) is 49.1 Å². The van der Waals surface area contributed by atoms with Crippen LogP contribution in [-0.2, 0) is 0 Å². The van der Waals surface area contributed by atoms with Gasteiger partial charge in [-0.15, -0.1) is 0 Å². The molecule has 0 aliphatic rings. The molecule has 0 aliphatic heterocycles. The average molecular weight is 958 g/mol. The average Bonchev–Trinajstić information content (AvgIpc) is 3.96. The van der Waals surface area contributed by atoms with Gasteiger partial charge >= 0.3 is 0 Å². The summed E-state index contributed by atoms with van der Waals surface area (Å²) in [5.41, 5.74) is 16.4. The highest BCUT2D eigenvalue weighted by Crippen LogP contribution is 2.43. The first-order chi connectivity index (χ1) is 37.1. The van der Waals surface area contributed by atoms with Gasteiger partial charge in [-0.3, -0.25) is 19.9 Å². The molecule has 0 radical (unpaired) electrons. The number of pyridine rings is 6. The molecule has 75 heavy (non-hydrogen) atoms. The molecule has 0 saturated heterocycles. The number of para-hydroxylation sites is 4. The van der Waals surface area contributed by atoms with Gasteiger partial charge in [0.25, 0.3) is 0 Å². The molecular formula is C67H39N7O. The summed E-state index contributed by atoms with van der Waals surface area (Å²) >= 11 is 0. The number of rotatable bonds is 7. The summed E-state index contributed by atoms with van der Waals surface area (Å²) in [5.74, 6) is 0.506. The highest BCUT2D eigenvalue weighted by atomic mass is 16.3. The number of benzene rings is 8. The Bertz CT molecular complexity index is 4300. The summed E-state index contributed by atoms with van der Waals surface area (Å²) in [7, 11) is 0.